The number of aromatic carboxylic acids is 1. The number of nitrogens with zero attached hydrogens (tertiary/aromatic N) is 3. The van der Waals surface area contributed by atoms with Crippen LogP contribution in [0.3, 0.4) is 0 Å². The van der Waals surface area contributed by atoms with E-state index >= 15 is 0 Å². The van der Waals surface area contributed by atoms with Crippen molar-refractivity contribution in [3.8, 4) is 0 Å². The maximum atomic E-state index is 13.8. The molecule has 0 radical (unpaired) electrons. The van der Waals surface area contributed by atoms with Gasteiger partial charge in [0.2, 0.25) is 0 Å². The van der Waals surface area contributed by atoms with Crippen molar-refractivity contribution in [1.82, 2.24) is 15.0 Å². The van der Waals surface area contributed by atoms with Gasteiger partial charge in [-0.25, -0.2) is 13.9 Å². The molecule has 0 fully saturated rings. The molecule has 1 unspecified atom stereocenters. The molecule has 1 aromatic heterocycles. The van der Waals surface area contributed by atoms with Crippen molar-refractivity contribution in [3.05, 3.63) is 41.7 Å². The van der Waals surface area contributed by atoms with Crippen LogP contribution in [0.25, 0.3) is 0 Å². The van der Waals surface area contributed by atoms with Crippen LogP contribution in [0.15, 0.2) is 35.4 Å². The van der Waals surface area contributed by atoms with E-state index < -0.39 is 28.9 Å². The quantitative estimate of drug-likeness (QED) is 0.747. The van der Waals surface area contributed by atoms with Crippen molar-refractivity contribution in [3.63, 3.8) is 0 Å². The van der Waals surface area contributed by atoms with Gasteiger partial charge < -0.3 is 5.11 Å². The minimum absolute atomic E-state index is 0.0267. The van der Waals surface area contributed by atoms with Crippen LogP contribution in [-0.4, -0.2) is 47.3 Å². The second-order valence-corrected chi connectivity index (χ2v) is 6.32. The normalized spacial score (nSPS) is 13.0. The van der Waals surface area contributed by atoms with Gasteiger partial charge in [-0.1, -0.05) is 23.4 Å². The number of benzene rings is 1. The summed E-state index contributed by atoms with van der Waals surface area (Å²) in [5.74, 6) is -1.29. The van der Waals surface area contributed by atoms with Gasteiger partial charge in [-0.05, 0) is 18.6 Å². The Labute approximate surface area is 131 Å². The van der Waals surface area contributed by atoms with Crippen LogP contribution in [0.1, 0.15) is 16.1 Å². The molecular formula is C13H14FN3O5S. The fraction of sp³-hybridized carbons (Fsp3) is 0.308. The lowest BCUT2D eigenvalue weighted by Crippen LogP contribution is -2.21. The largest absolute Gasteiger partial charge is 0.476 e. The molecule has 0 saturated carbocycles. The Hall–Kier alpha value is -2.33. The zero-order chi connectivity index (χ0) is 17.0. The van der Waals surface area contributed by atoms with E-state index in [1.807, 2.05) is 0 Å². The first-order chi connectivity index (χ1) is 10.8. The summed E-state index contributed by atoms with van der Waals surface area (Å²) in [5.41, 5.74) is 0.163. The van der Waals surface area contributed by atoms with Crippen LogP contribution in [0.4, 0.5) is 4.39 Å². The number of carbonyl (C=O) groups is 1. The summed E-state index contributed by atoms with van der Waals surface area (Å²) < 4.78 is 43.5. The lowest BCUT2D eigenvalue weighted by atomic mass is 10.2. The van der Waals surface area contributed by atoms with Crippen LogP contribution in [0, 0.1) is 6.92 Å². The number of aryl methyl sites for hydroxylation is 1. The molecule has 0 spiro atoms. The fourth-order valence-electron chi connectivity index (χ4n) is 1.81. The highest BCUT2D eigenvalue weighted by Crippen LogP contribution is 2.17. The molecule has 8 nitrogen and oxygen atoms in total. The Morgan fingerprint density at radius 1 is 1.43 bits per heavy atom. The molecule has 0 bridgehead atoms. The van der Waals surface area contributed by atoms with Crippen LogP contribution in [0.2, 0.25) is 0 Å². The Bertz CT molecular complexity index is 805. The Kier molecular flexibility index (Phi) is 5.06. The van der Waals surface area contributed by atoms with Gasteiger partial charge in [0, 0.05) is 0 Å². The predicted octanol–water partition coefficient (Wildman–Crippen LogP) is 1.03. The van der Waals surface area contributed by atoms with E-state index in [4.69, 9.17) is 9.29 Å². The van der Waals surface area contributed by atoms with Crippen LogP contribution in [0.5, 0.6) is 0 Å². The third-order valence-corrected chi connectivity index (χ3v) is 4.35. The van der Waals surface area contributed by atoms with Crippen molar-refractivity contribution in [1.29, 1.82) is 0 Å². The van der Waals surface area contributed by atoms with Gasteiger partial charge in [-0.2, -0.15) is 8.42 Å². The third-order valence-electron chi connectivity index (χ3n) is 2.91. The van der Waals surface area contributed by atoms with Crippen molar-refractivity contribution in [2.75, 3.05) is 6.61 Å². The summed E-state index contributed by atoms with van der Waals surface area (Å²) in [6, 6.07) is 6.19. The number of halogens is 1. The summed E-state index contributed by atoms with van der Waals surface area (Å²) in [6.07, 6.45) is -0.651. The summed E-state index contributed by atoms with van der Waals surface area (Å²) in [5, 5.41) is 15.4. The average molecular weight is 343 g/mol. The molecule has 23 heavy (non-hydrogen) atoms. The van der Waals surface area contributed by atoms with E-state index in [1.54, 1.807) is 25.1 Å². The molecule has 0 aliphatic rings. The lowest BCUT2D eigenvalue weighted by Gasteiger charge is -2.10. The van der Waals surface area contributed by atoms with Crippen LogP contribution >= 0.6 is 0 Å². The van der Waals surface area contributed by atoms with E-state index in [9.17, 15) is 17.6 Å². The number of carboxylic acids is 1. The van der Waals surface area contributed by atoms with Gasteiger partial charge in [-0.15, -0.1) is 5.10 Å². The van der Waals surface area contributed by atoms with Crippen molar-refractivity contribution < 1.29 is 26.9 Å². The summed E-state index contributed by atoms with van der Waals surface area (Å²) in [4.78, 5) is 10.6. The highest BCUT2D eigenvalue weighted by molar-refractivity contribution is 7.86. The summed E-state index contributed by atoms with van der Waals surface area (Å²) >= 11 is 0. The number of alkyl halides is 1. The number of rotatable bonds is 7. The third kappa shape index (κ3) is 4.33. The van der Waals surface area contributed by atoms with Gasteiger partial charge in [0.1, 0.15) is 6.17 Å². The first kappa shape index (κ1) is 17.0. The topological polar surface area (TPSA) is 111 Å². The smallest absolute Gasteiger partial charge is 0.358 e. The minimum atomic E-state index is -4.07. The maximum Gasteiger partial charge on any atom is 0.358 e. The standard InChI is InChI=1S/C13H14FN3O5S/c1-9-4-2-3-5-12(9)23(20,21)22-8-10(14)6-17-7-11(13(18)19)15-16-17/h2-5,7,10H,6,8H2,1H3,(H,18,19). The van der Waals surface area contributed by atoms with Crippen molar-refractivity contribution >= 4 is 16.1 Å². The summed E-state index contributed by atoms with van der Waals surface area (Å²) in [7, 11) is -4.07. The molecule has 0 saturated heterocycles. The van der Waals surface area contributed by atoms with E-state index in [0.717, 1.165) is 10.9 Å². The zero-order valence-electron chi connectivity index (χ0n) is 12.1. The van der Waals surface area contributed by atoms with Crippen LogP contribution in [-0.2, 0) is 20.8 Å². The number of hydrogen-bond acceptors (Lipinski definition) is 6. The number of hydrogen-bond donors (Lipinski definition) is 1. The van der Waals surface area contributed by atoms with Crippen molar-refractivity contribution in [2.24, 2.45) is 0 Å². The number of aromatic nitrogens is 3. The van der Waals surface area contributed by atoms with E-state index in [0.29, 0.717) is 5.56 Å². The number of carboxylic acid groups (broad SMARTS) is 1. The van der Waals surface area contributed by atoms with Gasteiger partial charge in [0.15, 0.2) is 5.69 Å². The second-order valence-electron chi connectivity index (χ2n) is 4.73. The molecule has 2 rings (SSSR count). The highest BCUT2D eigenvalue weighted by atomic mass is 32.2. The molecule has 1 heterocycles. The Balaban J connectivity index is 1.97. The zero-order valence-corrected chi connectivity index (χ0v) is 12.9. The van der Waals surface area contributed by atoms with Gasteiger partial charge in [0.05, 0.1) is 24.2 Å². The Morgan fingerprint density at radius 3 is 2.74 bits per heavy atom. The summed E-state index contributed by atoms with van der Waals surface area (Å²) in [6.45, 7) is 0.522. The molecule has 0 amide bonds. The second kappa shape index (κ2) is 6.84. The van der Waals surface area contributed by atoms with Crippen molar-refractivity contribution in [2.45, 2.75) is 24.5 Å². The molecule has 10 heteroatoms. The van der Waals surface area contributed by atoms with E-state index in [-0.39, 0.29) is 17.1 Å². The monoisotopic (exact) mass is 343 g/mol. The first-order valence-electron chi connectivity index (χ1n) is 6.52. The predicted molar refractivity (Wildman–Crippen MR) is 76.2 cm³/mol. The van der Waals surface area contributed by atoms with Gasteiger partial charge >= 0.3 is 5.97 Å². The molecule has 1 atom stereocenters. The van der Waals surface area contributed by atoms with E-state index in [2.05, 4.69) is 10.3 Å². The highest BCUT2D eigenvalue weighted by Gasteiger charge is 2.21. The first-order valence-corrected chi connectivity index (χ1v) is 7.93. The van der Waals surface area contributed by atoms with Gasteiger partial charge in [-0.3, -0.25) is 4.18 Å². The molecule has 0 aliphatic carbocycles. The fourth-order valence-corrected chi connectivity index (χ4v) is 2.97. The lowest BCUT2D eigenvalue weighted by molar-refractivity contribution is 0.0690. The molecule has 2 aromatic rings. The molecule has 124 valence electrons. The minimum Gasteiger partial charge on any atom is -0.476 e. The SMILES string of the molecule is Cc1ccccc1S(=O)(=O)OCC(F)Cn1cc(C(=O)O)nn1. The molecule has 0 aliphatic heterocycles. The molecule has 1 N–H and O–H groups in total. The Morgan fingerprint density at radius 2 is 2.13 bits per heavy atom. The van der Waals surface area contributed by atoms with E-state index in [1.165, 1.54) is 6.07 Å². The molecular weight excluding hydrogens is 329 g/mol. The van der Waals surface area contributed by atoms with Crippen LogP contribution < -0.4 is 0 Å². The maximum absolute atomic E-state index is 13.8. The average Bonchev–Trinajstić information content (AvgIpc) is 2.94. The molecule has 1 aromatic carbocycles. The van der Waals surface area contributed by atoms with Gasteiger partial charge in [0.25, 0.3) is 10.1 Å².